The molecule has 2 aromatic heterocycles. The molecule has 0 fully saturated rings. The number of halogens is 1. The maximum atomic E-state index is 6.11. The summed E-state index contributed by atoms with van der Waals surface area (Å²) in [5.74, 6) is 0.918. The average molecular weight is 282 g/mol. The third kappa shape index (κ3) is 1.57. The summed E-state index contributed by atoms with van der Waals surface area (Å²) in [5.41, 5.74) is 4.28. The van der Waals surface area contributed by atoms with Crippen LogP contribution in [0.4, 0.5) is 0 Å². The molecule has 0 bridgehead atoms. The number of benzene rings is 2. The minimum absolute atomic E-state index is 0.736. The molecule has 0 radical (unpaired) electrons. The molecule has 0 saturated carbocycles. The summed E-state index contributed by atoms with van der Waals surface area (Å²) in [4.78, 5) is 4.73. The average Bonchev–Trinajstić information content (AvgIpc) is 3.01. The number of aromatic nitrogens is 3. The molecule has 0 N–H and O–H groups in total. The van der Waals surface area contributed by atoms with Crippen molar-refractivity contribution in [2.45, 2.75) is 0 Å². The minimum atomic E-state index is 0.736. The smallest absolute Gasteiger partial charge is 0.215 e. The molecule has 2 heterocycles. The van der Waals surface area contributed by atoms with Gasteiger partial charge in [-0.2, -0.15) is 0 Å². The standard InChI is InChI=1S/C16H12ClN3/c1-19-14-8-7-12(17)9-15(14)20-10-13(18-16(19)20)11-5-3-2-4-6-11/h2-10H,1H3. The van der Waals surface area contributed by atoms with Gasteiger partial charge in [-0.1, -0.05) is 41.9 Å². The lowest BCUT2D eigenvalue weighted by molar-refractivity contribution is 0.970. The molecule has 98 valence electrons. The van der Waals surface area contributed by atoms with Crippen LogP contribution in [0.3, 0.4) is 0 Å². The summed E-state index contributed by atoms with van der Waals surface area (Å²) in [6.45, 7) is 0. The van der Waals surface area contributed by atoms with Crippen molar-refractivity contribution in [1.29, 1.82) is 0 Å². The lowest BCUT2D eigenvalue weighted by Crippen LogP contribution is -1.88. The number of imidazole rings is 2. The third-order valence-corrected chi connectivity index (χ3v) is 3.85. The summed E-state index contributed by atoms with van der Waals surface area (Å²) in [7, 11) is 2.02. The summed E-state index contributed by atoms with van der Waals surface area (Å²) in [5, 5.41) is 0.736. The first-order valence-electron chi connectivity index (χ1n) is 6.42. The predicted molar refractivity (Wildman–Crippen MR) is 82.1 cm³/mol. The van der Waals surface area contributed by atoms with E-state index in [1.807, 2.05) is 43.4 Å². The molecule has 0 aliphatic carbocycles. The van der Waals surface area contributed by atoms with Crippen molar-refractivity contribution >= 4 is 28.4 Å². The number of hydrogen-bond acceptors (Lipinski definition) is 1. The molecule has 0 unspecified atom stereocenters. The van der Waals surface area contributed by atoms with Crippen LogP contribution in [0.2, 0.25) is 5.02 Å². The predicted octanol–water partition coefficient (Wildman–Crippen LogP) is 4.15. The van der Waals surface area contributed by atoms with E-state index >= 15 is 0 Å². The van der Waals surface area contributed by atoms with Gasteiger partial charge in [-0.3, -0.25) is 4.40 Å². The Morgan fingerprint density at radius 2 is 1.80 bits per heavy atom. The molecule has 0 atom stereocenters. The highest BCUT2D eigenvalue weighted by Crippen LogP contribution is 2.26. The summed E-state index contributed by atoms with van der Waals surface area (Å²) < 4.78 is 4.17. The van der Waals surface area contributed by atoms with E-state index < -0.39 is 0 Å². The fourth-order valence-electron chi connectivity index (χ4n) is 2.61. The van der Waals surface area contributed by atoms with Gasteiger partial charge in [0.25, 0.3) is 0 Å². The number of rotatable bonds is 1. The van der Waals surface area contributed by atoms with Crippen molar-refractivity contribution in [3.63, 3.8) is 0 Å². The molecule has 3 nitrogen and oxygen atoms in total. The van der Waals surface area contributed by atoms with Crippen LogP contribution in [0.1, 0.15) is 0 Å². The SMILES string of the molecule is Cn1c2ccc(Cl)cc2n2cc(-c3ccccc3)nc12. The normalized spacial score (nSPS) is 11.5. The Balaban J connectivity index is 2.05. The van der Waals surface area contributed by atoms with Gasteiger partial charge in [0.05, 0.1) is 16.7 Å². The Morgan fingerprint density at radius 3 is 2.60 bits per heavy atom. The van der Waals surface area contributed by atoms with Crippen LogP contribution in [-0.2, 0) is 7.05 Å². The summed E-state index contributed by atoms with van der Waals surface area (Å²) in [6.07, 6.45) is 2.06. The van der Waals surface area contributed by atoms with E-state index in [4.69, 9.17) is 16.6 Å². The Morgan fingerprint density at radius 1 is 1.00 bits per heavy atom. The number of fused-ring (bicyclic) bond motifs is 3. The van der Waals surface area contributed by atoms with Crippen LogP contribution < -0.4 is 0 Å². The summed E-state index contributed by atoms with van der Waals surface area (Å²) in [6, 6.07) is 16.1. The van der Waals surface area contributed by atoms with Gasteiger partial charge in [0.2, 0.25) is 5.78 Å². The fraction of sp³-hybridized carbons (Fsp3) is 0.0625. The molecule has 4 rings (SSSR count). The van der Waals surface area contributed by atoms with E-state index in [9.17, 15) is 0 Å². The van der Waals surface area contributed by atoms with Crippen LogP contribution in [0.5, 0.6) is 0 Å². The zero-order valence-corrected chi connectivity index (χ0v) is 11.7. The van der Waals surface area contributed by atoms with E-state index in [1.54, 1.807) is 0 Å². The van der Waals surface area contributed by atoms with E-state index in [-0.39, 0.29) is 0 Å². The Hall–Kier alpha value is -2.26. The van der Waals surface area contributed by atoms with E-state index in [2.05, 4.69) is 27.3 Å². The highest BCUT2D eigenvalue weighted by molar-refractivity contribution is 6.31. The second kappa shape index (κ2) is 4.12. The molecule has 4 heteroatoms. The zero-order chi connectivity index (χ0) is 13.7. The summed E-state index contributed by atoms with van der Waals surface area (Å²) >= 11 is 6.11. The second-order valence-corrected chi connectivity index (χ2v) is 5.29. The van der Waals surface area contributed by atoms with Gasteiger partial charge >= 0.3 is 0 Å². The van der Waals surface area contributed by atoms with Crippen molar-refractivity contribution in [2.24, 2.45) is 7.05 Å². The molecular formula is C16H12ClN3. The van der Waals surface area contributed by atoms with E-state index in [0.717, 1.165) is 33.1 Å². The van der Waals surface area contributed by atoms with Gasteiger partial charge in [0.1, 0.15) is 0 Å². The quantitative estimate of drug-likeness (QED) is 0.514. The Kier molecular flexibility index (Phi) is 2.38. The second-order valence-electron chi connectivity index (χ2n) is 4.85. The topological polar surface area (TPSA) is 22.2 Å². The molecule has 0 aliphatic heterocycles. The van der Waals surface area contributed by atoms with Gasteiger partial charge in [0.15, 0.2) is 0 Å². The molecule has 4 aromatic rings. The first-order valence-corrected chi connectivity index (χ1v) is 6.80. The molecule has 0 amide bonds. The first kappa shape index (κ1) is 11.6. The largest absolute Gasteiger partial charge is 0.313 e. The maximum Gasteiger partial charge on any atom is 0.215 e. The van der Waals surface area contributed by atoms with Gasteiger partial charge in [0, 0.05) is 23.8 Å². The highest BCUT2D eigenvalue weighted by atomic mass is 35.5. The lowest BCUT2D eigenvalue weighted by Gasteiger charge is -1.97. The monoisotopic (exact) mass is 281 g/mol. The van der Waals surface area contributed by atoms with Crippen LogP contribution in [0.25, 0.3) is 28.1 Å². The van der Waals surface area contributed by atoms with Crippen molar-refractivity contribution in [3.05, 3.63) is 59.8 Å². The minimum Gasteiger partial charge on any atom is -0.313 e. The molecule has 0 saturated heterocycles. The molecule has 20 heavy (non-hydrogen) atoms. The fourth-order valence-corrected chi connectivity index (χ4v) is 2.78. The lowest BCUT2D eigenvalue weighted by atomic mass is 10.2. The molecule has 0 aliphatic rings. The van der Waals surface area contributed by atoms with Crippen LogP contribution in [-0.4, -0.2) is 14.0 Å². The van der Waals surface area contributed by atoms with Crippen LogP contribution in [0.15, 0.2) is 54.7 Å². The van der Waals surface area contributed by atoms with E-state index in [1.165, 1.54) is 0 Å². The molecule has 2 aromatic carbocycles. The number of hydrogen-bond donors (Lipinski definition) is 0. The Labute approximate surface area is 121 Å². The third-order valence-electron chi connectivity index (χ3n) is 3.62. The van der Waals surface area contributed by atoms with Gasteiger partial charge in [-0.15, -0.1) is 0 Å². The van der Waals surface area contributed by atoms with Crippen LogP contribution >= 0.6 is 11.6 Å². The Bertz CT molecular complexity index is 919. The highest BCUT2D eigenvalue weighted by Gasteiger charge is 2.12. The van der Waals surface area contributed by atoms with Crippen molar-refractivity contribution < 1.29 is 0 Å². The van der Waals surface area contributed by atoms with Gasteiger partial charge in [-0.25, -0.2) is 4.98 Å². The first-order chi connectivity index (χ1) is 9.74. The van der Waals surface area contributed by atoms with Gasteiger partial charge in [-0.05, 0) is 18.2 Å². The van der Waals surface area contributed by atoms with Crippen LogP contribution in [0, 0.1) is 0 Å². The maximum absolute atomic E-state index is 6.11. The van der Waals surface area contributed by atoms with Crippen molar-refractivity contribution in [2.75, 3.05) is 0 Å². The van der Waals surface area contributed by atoms with Gasteiger partial charge < -0.3 is 4.57 Å². The van der Waals surface area contributed by atoms with Crippen molar-refractivity contribution in [3.8, 4) is 11.3 Å². The van der Waals surface area contributed by atoms with E-state index in [0.29, 0.717) is 0 Å². The number of aryl methyl sites for hydroxylation is 1. The molecular weight excluding hydrogens is 270 g/mol. The zero-order valence-electron chi connectivity index (χ0n) is 10.9. The number of nitrogens with zero attached hydrogens (tertiary/aromatic N) is 3. The molecule has 0 spiro atoms. The van der Waals surface area contributed by atoms with Crippen molar-refractivity contribution in [1.82, 2.24) is 14.0 Å².